The predicted molar refractivity (Wildman–Crippen MR) is 11.5 cm³/mol. The zero-order chi connectivity index (χ0) is 0. The molecule has 0 aromatic carbocycles. The van der Waals surface area contributed by atoms with Crippen molar-refractivity contribution >= 4 is 34.7 Å². The molecule has 0 saturated heterocycles. The molecule has 0 spiro atoms. The van der Waals surface area contributed by atoms with E-state index >= 15 is 0 Å². The molecule has 0 heterocycles. The summed E-state index contributed by atoms with van der Waals surface area (Å²) in [6, 6.07) is 0. The standard InChI is InChI=1S/2Al.2Ti. The molecule has 0 unspecified atom stereocenters. The normalized spacial score (nSPS) is 0. The Morgan fingerprint density at radius 1 is 0.500 bits per heavy atom. The Morgan fingerprint density at radius 3 is 0.500 bits per heavy atom. The van der Waals surface area contributed by atoms with Crippen LogP contribution in [0.5, 0.6) is 0 Å². The molecule has 0 N–H and O–H groups in total. The molecule has 4 heavy (non-hydrogen) atoms. The topological polar surface area (TPSA) is 0 Å². The Kier molecular flexibility index (Phi) is 141. The van der Waals surface area contributed by atoms with Gasteiger partial charge in [0.2, 0.25) is 0 Å². The van der Waals surface area contributed by atoms with Gasteiger partial charge in [-0.2, -0.15) is 0 Å². The molecule has 4 heteroatoms. The van der Waals surface area contributed by atoms with E-state index in [-0.39, 0.29) is 78.2 Å². The summed E-state index contributed by atoms with van der Waals surface area (Å²) in [4.78, 5) is 0. The molecule has 0 saturated carbocycles. The van der Waals surface area contributed by atoms with E-state index in [0.29, 0.717) is 0 Å². The minimum Gasteiger partial charge on any atom is 0 e. The van der Waals surface area contributed by atoms with Crippen molar-refractivity contribution in [1.82, 2.24) is 0 Å². The monoisotopic (exact) mass is 150 g/mol. The van der Waals surface area contributed by atoms with Gasteiger partial charge in [-0.05, 0) is 0 Å². The van der Waals surface area contributed by atoms with Crippen LogP contribution in [0.1, 0.15) is 0 Å². The van der Waals surface area contributed by atoms with Gasteiger partial charge in [-0.3, -0.25) is 0 Å². The van der Waals surface area contributed by atoms with Gasteiger partial charge in [-0.15, -0.1) is 0 Å². The summed E-state index contributed by atoms with van der Waals surface area (Å²) >= 11 is 0. The van der Waals surface area contributed by atoms with E-state index < -0.39 is 0 Å². The number of rotatable bonds is 0. The first-order valence-corrected chi connectivity index (χ1v) is 0. The molecule has 0 aliphatic heterocycles. The summed E-state index contributed by atoms with van der Waals surface area (Å²) in [7, 11) is 0. The van der Waals surface area contributed by atoms with E-state index in [0.717, 1.165) is 0 Å². The predicted octanol–water partition coefficient (Wildman–Crippen LogP) is -0.767. The third-order valence-electron chi connectivity index (χ3n) is 0. The maximum absolute atomic E-state index is 0. The molecule has 0 nitrogen and oxygen atoms in total. The quantitative estimate of drug-likeness (QED) is 0.397. The molecular formula is Al2Ti2. The minimum atomic E-state index is 0. The van der Waals surface area contributed by atoms with Gasteiger partial charge >= 0.3 is 0 Å². The number of hydrogen-bond donors (Lipinski definition) is 0. The van der Waals surface area contributed by atoms with Crippen molar-refractivity contribution in [3.8, 4) is 0 Å². The molecule has 0 fully saturated rings. The Balaban J connectivity index is 0. The molecule has 0 amide bonds. The summed E-state index contributed by atoms with van der Waals surface area (Å²) in [5.41, 5.74) is 0. The molecule has 0 rings (SSSR count). The van der Waals surface area contributed by atoms with Crippen molar-refractivity contribution in [1.29, 1.82) is 0 Å². The van der Waals surface area contributed by atoms with E-state index in [1.54, 1.807) is 0 Å². The Bertz CT molecular complexity index is 4.00. The molecule has 0 aliphatic carbocycles. The molecule has 0 aromatic heterocycles. The van der Waals surface area contributed by atoms with Crippen LogP contribution in [-0.2, 0) is 43.4 Å². The van der Waals surface area contributed by atoms with Crippen LogP contribution in [-0.4, -0.2) is 34.7 Å². The van der Waals surface area contributed by atoms with E-state index in [9.17, 15) is 0 Å². The van der Waals surface area contributed by atoms with Crippen LogP contribution in [0.2, 0.25) is 0 Å². The molecule has 0 aliphatic rings. The van der Waals surface area contributed by atoms with Gasteiger partial charge in [-0.1, -0.05) is 0 Å². The molecule has 0 aromatic rings. The van der Waals surface area contributed by atoms with Gasteiger partial charge in [0.15, 0.2) is 0 Å². The smallest absolute Gasteiger partial charge is 0 e. The average Bonchev–Trinajstić information content (AvgIpc) is 0. The van der Waals surface area contributed by atoms with Gasteiger partial charge < -0.3 is 0 Å². The van der Waals surface area contributed by atoms with Crippen LogP contribution in [0, 0.1) is 0 Å². The fourth-order valence-corrected chi connectivity index (χ4v) is 0. The van der Waals surface area contributed by atoms with Crippen LogP contribution in [0.25, 0.3) is 0 Å². The van der Waals surface area contributed by atoms with Crippen LogP contribution in [0.15, 0.2) is 0 Å². The van der Waals surface area contributed by atoms with Crippen molar-refractivity contribution in [2.75, 3.05) is 0 Å². The van der Waals surface area contributed by atoms with Gasteiger partial charge in [-0.25, -0.2) is 0 Å². The second kappa shape index (κ2) is 17.8. The van der Waals surface area contributed by atoms with Crippen LogP contribution >= 0.6 is 0 Å². The third kappa shape index (κ3) is 8.82. The van der Waals surface area contributed by atoms with Crippen LogP contribution in [0.4, 0.5) is 0 Å². The molecule has 0 atom stereocenters. The Labute approximate surface area is 77.1 Å². The van der Waals surface area contributed by atoms with E-state index in [1.807, 2.05) is 0 Å². The largest absolute Gasteiger partial charge is 0 e. The van der Waals surface area contributed by atoms with Gasteiger partial charge in [0.05, 0.1) is 0 Å². The second-order valence-electron chi connectivity index (χ2n) is 0. The summed E-state index contributed by atoms with van der Waals surface area (Å²) in [5, 5.41) is 0. The van der Waals surface area contributed by atoms with Crippen molar-refractivity contribution in [3.63, 3.8) is 0 Å². The van der Waals surface area contributed by atoms with Crippen molar-refractivity contribution in [3.05, 3.63) is 0 Å². The second-order valence-corrected chi connectivity index (χ2v) is 0. The molecule has 0 bridgehead atoms. The van der Waals surface area contributed by atoms with Crippen molar-refractivity contribution in [2.24, 2.45) is 0 Å². The molecule has 14 valence electrons. The first-order chi connectivity index (χ1) is 0. The maximum atomic E-state index is 0. The van der Waals surface area contributed by atoms with Gasteiger partial charge in [0, 0.05) is 78.2 Å². The van der Waals surface area contributed by atoms with E-state index in [1.165, 1.54) is 0 Å². The van der Waals surface area contributed by atoms with E-state index in [4.69, 9.17) is 0 Å². The van der Waals surface area contributed by atoms with Crippen LogP contribution in [0.3, 0.4) is 0 Å². The average molecular weight is 150 g/mol. The fourth-order valence-electron chi connectivity index (χ4n) is 0. The van der Waals surface area contributed by atoms with Crippen molar-refractivity contribution in [2.45, 2.75) is 0 Å². The van der Waals surface area contributed by atoms with Gasteiger partial charge in [0.25, 0.3) is 0 Å². The Hall–Kier alpha value is 2.49. The third-order valence-corrected chi connectivity index (χ3v) is 0. The summed E-state index contributed by atoms with van der Waals surface area (Å²) in [5.74, 6) is 0. The van der Waals surface area contributed by atoms with Gasteiger partial charge in [0.1, 0.15) is 0 Å². The Morgan fingerprint density at radius 2 is 0.500 bits per heavy atom. The molecular weight excluding hydrogens is 150 g/mol. The summed E-state index contributed by atoms with van der Waals surface area (Å²) < 4.78 is 0. The zero-order valence-corrected chi connectivity index (χ0v) is 7.59. The minimum absolute atomic E-state index is 0. The van der Waals surface area contributed by atoms with Crippen LogP contribution < -0.4 is 0 Å². The fraction of sp³-hybridized carbons (Fsp3) is 0. The van der Waals surface area contributed by atoms with E-state index in [2.05, 4.69) is 0 Å². The first kappa shape index (κ1) is 31.5. The maximum Gasteiger partial charge on any atom is 0 e. The number of hydrogen-bond acceptors (Lipinski definition) is 0. The first-order valence-electron chi connectivity index (χ1n) is 0. The zero-order valence-electron chi connectivity index (χ0n) is 2.15. The SMILES string of the molecule is [Al].[Al].[Ti].[Ti]. The summed E-state index contributed by atoms with van der Waals surface area (Å²) in [6.45, 7) is 0. The van der Waals surface area contributed by atoms with Crippen molar-refractivity contribution < 1.29 is 43.4 Å². The molecule has 6 radical (unpaired) electrons. The summed E-state index contributed by atoms with van der Waals surface area (Å²) in [6.07, 6.45) is 0.